The minimum atomic E-state index is -1.46. The van der Waals surface area contributed by atoms with Crippen LogP contribution in [0.1, 0.15) is 10.4 Å². The topological polar surface area (TPSA) is 86.6 Å². The lowest BCUT2D eigenvalue weighted by Gasteiger charge is -2.12. The summed E-state index contributed by atoms with van der Waals surface area (Å²) in [6.45, 7) is -0.770. The standard InChI is InChI=1S/C10H9ClFNO4/c11-8-5(2-1-3-6(8)12)9(15)13-7(4-14)10(16)17/h1-3,7,14H,4H2,(H,13,15)(H,16,17)/t7-/m1/s1. The number of amides is 1. The molecule has 92 valence electrons. The monoisotopic (exact) mass is 261 g/mol. The van der Waals surface area contributed by atoms with Gasteiger partial charge in [0.15, 0.2) is 6.04 Å². The number of hydrogen-bond donors (Lipinski definition) is 3. The first-order valence-corrected chi connectivity index (χ1v) is 4.93. The molecule has 3 N–H and O–H groups in total. The number of aliphatic hydroxyl groups excluding tert-OH is 1. The van der Waals surface area contributed by atoms with E-state index < -0.39 is 35.4 Å². The minimum Gasteiger partial charge on any atom is -0.480 e. The maximum atomic E-state index is 13.0. The molecule has 0 aliphatic rings. The van der Waals surface area contributed by atoms with Crippen molar-refractivity contribution in [3.8, 4) is 0 Å². The lowest BCUT2D eigenvalue weighted by molar-refractivity contribution is -0.140. The summed E-state index contributed by atoms with van der Waals surface area (Å²) in [7, 11) is 0. The van der Waals surface area contributed by atoms with Crippen LogP contribution in [0, 0.1) is 5.82 Å². The number of aliphatic carboxylic acids is 1. The van der Waals surface area contributed by atoms with Crippen LogP contribution in [0.5, 0.6) is 0 Å². The highest BCUT2D eigenvalue weighted by atomic mass is 35.5. The lowest BCUT2D eigenvalue weighted by atomic mass is 10.2. The van der Waals surface area contributed by atoms with Gasteiger partial charge in [-0.1, -0.05) is 17.7 Å². The summed E-state index contributed by atoms with van der Waals surface area (Å²) in [5.41, 5.74) is -0.189. The smallest absolute Gasteiger partial charge is 0.328 e. The van der Waals surface area contributed by atoms with E-state index in [1.807, 2.05) is 5.32 Å². The van der Waals surface area contributed by atoms with E-state index >= 15 is 0 Å². The third kappa shape index (κ3) is 3.15. The molecule has 17 heavy (non-hydrogen) atoms. The van der Waals surface area contributed by atoms with Crippen LogP contribution in [0.3, 0.4) is 0 Å². The van der Waals surface area contributed by atoms with Crippen molar-refractivity contribution in [2.45, 2.75) is 6.04 Å². The molecule has 1 amide bonds. The Kier molecular flexibility index (Phi) is 4.42. The third-order valence-electron chi connectivity index (χ3n) is 1.98. The molecule has 1 aromatic carbocycles. The van der Waals surface area contributed by atoms with Gasteiger partial charge >= 0.3 is 5.97 Å². The molecule has 7 heteroatoms. The van der Waals surface area contributed by atoms with Crippen molar-refractivity contribution in [1.29, 1.82) is 0 Å². The van der Waals surface area contributed by atoms with Crippen LogP contribution in [0.15, 0.2) is 18.2 Å². The number of aliphatic hydroxyl groups is 1. The van der Waals surface area contributed by atoms with Crippen molar-refractivity contribution in [2.75, 3.05) is 6.61 Å². The van der Waals surface area contributed by atoms with Crippen molar-refractivity contribution >= 4 is 23.5 Å². The minimum absolute atomic E-state index is 0.189. The normalized spacial score (nSPS) is 11.9. The number of nitrogens with one attached hydrogen (secondary N) is 1. The zero-order chi connectivity index (χ0) is 13.0. The summed E-state index contributed by atoms with van der Waals surface area (Å²) < 4.78 is 13.0. The second kappa shape index (κ2) is 5.60. The Morgan fingerprint density at radius 3 is 2.65 bits per heavy atom. The van der Waals surface area contributed by atoms with Crippen molar-refractivity contribution in [1.82, 2.24) is 5.32 Å². The van der Waals surface area contributed by atoms with Crippen molar-refractivity contribution in [2.24, 2.45) is 0 Å². The molecule has 0 radical (unpaired) electrons. The quantitative estimate of drug-likeness (QED) is 0.743. The summed E-state index contributed by atoms with van der Waals surface area (Å²) in [6.07, 6.45) is 0. The Labute approximate surface area is 101 Å². The molecule has 0 aliphatic carbocycles. The van der Waals surface area contributed by atoms with Crippen LogP contribution >= 0.6 is 11.6 Å². The van der Waals surface area contributed by atoms with Gasteiger partial charge in [0.05, 0.1) is 17.2 Å². The third-order valence-corrected chi connectivity index (χ3v) is 2.37. The van der Waals surface area contributed by atoms with E-state index in [0.29, 0.717) is 0 Å². The molecule has 1 rings (SSSR count). The Bertz CT molecular complexity index is 452. The Balaban J connectivity index is 2.90. The Morgan fingerprint density at radius 1 is 1.47 bits per heavy atom. The molecule has 0 saturated carbocycles. The predicted molar refractivity (Wildman–Crippen MR) is 57.4 cm³/mol. The summed E-state index contributed by atoms with van der Waals surface area (Å²) >= 11 is 5.55. The summed E-state index contributed by atoms with van der Waals surface area (Å²) in [6, 6.07) is 2.13. The van der Waals surface area contributed by atoms with Gasteiger partial charge in [-0.15, -0.1) is 0 Å². The van der Waals surface area contributed by atoms with E-state index in [9.17, 15) is 14.0 Å². The first kappa shape index (κ1) is 13.4. The number of carbonyl (C=O) groups excluding carboxylic acids is 1. The van der Waals surface area contributed by atoms with Gasteiger partial charge in [-0.2, -0.15) is 0 Å². The predicted octanol–water partition coefficient (Wildman–Crippen LogP) is 0.654. The van der Waals surface area contributed by atoms with Crippen molar-refractivity contribution < 1.29 is 24.2 Å². The highest BCUT2D eigenvalue weighted by Crippen LogP contribution is 2.19. The van der Waals surface area contributed by atoms with Crippen LogP contribution in [-0.2, 0) is 4.79 Å². The van der Waals surface area contributed by atoms with Gasteiger partial charge in [0.2, 0.25) is 0 Å². The zero-order valence-electron chi connectivity index (χ0n) is 8.48. The van der Waals surface area contributed by atoms with E-state index in [2.05, 4.69) is 0 Å². The second-order valence-corrected chi connectivity index (χ2v) is 3.53. The number of carboxylic acid groups (broad SMARTS) is 1. The maximum absolute atomic E-state index is 13.0. The molecule has 0 unspecified atom stereocenters. The van der Waals surface area contributed by atoms with E-state index in [0.717, 1.165) is 6.07 Å². The maximum Gasteiger partial charge on any atom is 0.328 e. The highest BCUT2D eigenvalue weighted by molar-refractivity contribution is 6.34. The van der Waals surface area contributed by atoms with Gasteiger partial charge in [0.25, 0.3) is 5.91 Å². The molecular formula is C10H9ClFNO4. The highest BCUT2D eigenvalue weighted by Gasteiger charge is 2.21. The first-order valence-electron chi connectivity index (χ1n) is 4.56. The molecule has 0 fully saturated rings. The Hall–Kier alpha value is -1.66. The fourth-order valence-electron chi connectivity index (χ4n) is 1.10. The molecule has 0 saturated heterocycles. The van der Waals surface area contributed by atoms with Gasteiger partial charge in [-0.25, -0.2) is 9.18 Å². The SMILES string of the molecule is O=C(N[C@H](CO)C(=O)O)c1cccc(F)c1Cl. The molecule has 0 heterocycles. The second-order valence-electron chi connectivity index (χ2n) is 3.15. The molecule has 0 aromatic heterocycles. The number of halogens is 2. The van der Waals surface area contributed by atoms with E-state index in [-0.39, 0.29) is 5.56 Å². The van der Waals surface area contributed by atoms with E-state index in [1.54, 1.807) is 0 Å². The van der Waals surface area contributed by atoms with Crippen molar-refractivity contribution in [3.63, 3.8) is 0 Å². The van der Waals surface area contributed by atoms with E-state index in [1.165, 1.54) is 12.1 Å². The van der Waals surface area contributed by atoms with Crippen molar-refractivity contribution in [3.05, 3.63) is 34.6 Å². The average Bonchev–Trinajstić information content (AvgIpc) is 2.28. The number of hydrogen-bond acceptors (Lipinski definition) is 3. The molecule has 0 spiro atoms. The zero-order valence-corrected chi connectivity index (χ0v) is 9.24. The molecule has 0 bridgehead atoms. The number of carboxylic acids is 1. The van der Waals surface area contributed by atoms with Gasteiger partial charge in [0, 0.05) is 0 Å². The van der Waals surface area contributed by atoms with Crippen LogP contribution < -0.4 is 5.32 Å². The van der Waals surface area contributed by atoms with Crippen LogP contribution in [0.25, 0.3) is 0 Å². The molecule has 5 nitrogen and oxygen atoms in total. The van der Waals surface area contributed by atoms with Gasteiger partial charge in [-0.05, 0) is 12.1 Å². The number of rotatable bonds is 4. The fraction of sp³-hybridized carbons (Fsp3) is 0.200. The molecular weight excluding hydrogens is 253 g/mol. The van der Waals surface area contributed by atoms with Gasteiger partial charge in [-0.3, -0.25) is 4.79 Å². The molecule has 0 aliphatic heterocycles. The van der Waals surface area contributed by atoms with Crippen LogP contribution in [-0.4, -0.2) is 34.7 Å². The lowest BCUT2D eigenvalue weighted by Crippen LogP contribution is -2.43. The van der Waals surface area contributed by atoms with Crippen LogP contribution in [0.2, 0.25) is 5.02 Å². The average molecular weight is 262 g/mol. The molecule has 1 atom stereocenters. The van der Waals surface area contributed by atoms with E-state index in [4.69, 9.17) is 21.8 Å². The van der Waals surface area contributed by atoms with Gasteiger partial charge in [0.1, 0.15) is 5.82 Å². The first-order chi connectivity index (χ1) is 7.97. The Morgan fingerprint density at radius 2 is 2.12 bits per heavy atom. The summed E-state index contributed by atoms with van der Waals surface area (Å²) in [4.78, 5) is 22.1. The summed E-state index contributed by atoms with van der Waals surface area (Å²) in [5.74, 6) is -3.04. The summed E-state index contributed by atoms with van der Waals surface area (Å²) in [5, 5.41) is 18.9. The van der Waals surface area contributed by atoms with Crippen LogP contribution in [0.4, 0.5) is 4.39 Å². The largest absolute Gasteiger partial charge is 0.480 e. The number of carbonyl (C=O) groups is 2. The fourth-order valence-corrected chi connectivity index (χ4v) is 1.31. The number of benzene rings is 1. The molecule has 1 aromatic rings. The van der Waals surface area contributed by atoms with Gasteiger partial charge < -0.3 is 15.5 Å².